The van der Waals surface area contributed by atoms with Gasteiger partial charge in [0.1, 0.15) is 0 Å². The van der Waals surface area contributed by atoms with Gasteiger partial charge in [0.2, 0.25) is 5.91 Å². The zero-order valence-corrected chi connectivity index (χ0v) is 21.5. The molecule has 4 bridgehead atoms. The van der Waals surface area contributed by atoms with Gasteiger partial charge in [-0.25, -0.2) is 0 Å². The number of carbonyl (C=O) groups is 1. The lowest BCUT2D eigenvalue weighted by molar-refractivity contribution is -0.116. The number of benzene rings is 1. The Hall–Kier alpha value is -0.910. The molecular weight excluding hydrogens is 461 g/mol. The quantitative estimate of drug-likeness (QED) is 0.486. The molecule has 176 valence electrons. The van der Waals surface area contributed by atoms with Gasteiger partial charge in [-0.2, -0.15) is 0 Å². The fourth-order valence-electron chi connectivity index (χ4n) is 6.83. The van der Waals surface area contributed by atoms with Crippen LogP contribution in [0.15, 0.2) is 23.2 Å². The molecule has 4 nitrogen and oxygen atoms in total. The summed E-state index contributed by atoms with van der Waals surface area (Å²) in [6.07, 6.45) is 9.76. The van der Waals surface area contributed by atoms with Gasteiger partial charge in [0, 0.05) is 24.8 Å². The number of nitrogens with one attached hydrogen (secondary N) is 1. The van der Waals surface area contributed by atoms with Gasteiger partial charge in [-0.3, -0.25) is 9.79 Å². The number of aliphatic imine (C=N–C) groups is 1. The van der Waals surface area contributed by atoms with Crippen LogP contribution < -0.4 is 5.32 Å². The monoisotopic (exact) mass is 495 g/mol. The van der Waals surface area contributed by atoms with Gasteiger partial charge in [-0.1, -0.05) is 36.4 Å². The molecule has 1 aliphatic heterocycles. The highest BCUT2D eigenvalue weighted by atomic mass is 35.5. The van der Waals surface area contributed by atoms with Crippen molar-refractivity contribution in [2.24, 2.45) is 22.7 Å². The molecule has 1 saturated heterocycles. The predicted octanol–water partition coefficient (Wildman–Crippen LogP) is 6.55. The lowest BCUT2D eigenvalue weighted by Gasteiger charge is -2.55. The van der Waals surface area contributed by atoms with Crippen molar-refractivity contribution in [2.45, 2.75) is 76.8 Å². The average molecular weight is 497 g/mol. The Morgan fingerprint density at radius 3 is 2.47 bits per heavy atom. The van der Waals surface area contributed by atoms with E-state index in [-0.39, 0.29) is 29.9 Å². The maximum absolute atomic E-state index is 12.8. The zero-order chi connectivity index (χ0) is 21.6. The van der Waals surface area contributed by atoms with Gasteiger partial charge >= 0.3 is 0 Å². The third-order valence-electron chi connectivity index (χ3n) is 7.71. The second-order valence-electron chi connectivity index (χ2n) is 10.4. The molecular formula is C25H35Cl2N3OS. The molecule has 1 N–H and O–H groups in total. The molecule has 32 heavy (non-hydrogen) atoms. The summed E-state index contributed by atoms with van der Waals surface area (Å²) in [4.78, 5) is 20.7. The van der Waals surface area contributed by atoms with Crippen LogP contribution in [0.5, 0.6) is 0 Å². The van der Waals surface area contributed by atoms with E-state index in [0.717, 1.165) is 42.0 Å². The maximum Gasteiger partial charge on any atom is 0.226 e. The molecule has 5 fully saturated rings. The third-order valence-corrected chi connectivity index (χ3v) is 9.16. The van der Waals surface area contributed by atoms with Crippen LogP contribution in [-0.4, -0.2) is 39.9 Å². The van der Waals surface area contributed by atoms with Crippen LogP contribution in [0.1, 0.15) is 63.9 Å². The van der Waals surface area contributed by atoms with Crippen LogP contribution in [0.25, 0.3) is 0 Å². The van der Waals surface area contributed by atoms with E-state index in [2.05, 4.69) is 17.1 Å². The first kappa shape index (κ1) is 24.2. The molecule has 1 aromatic rings. The van der Waals surface area contributed by atoms with E-state index < -0.39 is 0 Å². The van der Waals surface area contributed by atoms with Crippen molar-refractivity contribution in [3.05, 3.63) is 28.8 Å². The molecule has 5 aliphatic rings. The average Bonchev–Trinajstić information content (AvgIpc) is 3.04. The summed E-state index contributed by atoms with van der Waals surface area (Å²) in [5.41, 5.74) is 1.98. The Morgan fingerprint density at radius 2 is 1.88 bits per heavy atom. The smallest absolute Gasteiger partial charge is 0.226 e. The van der Waals surface area contributed by atoms with Crippen molar-refractivity contribution >= 4 is 52.5 Å². The maximum atomic E-state index is 12.8. The van der Waals surface area contributed by atoms with Crippen molar-refractivity contribution in [1.82, 2.24) is 4.90 Å². The predicted molar refractivity (Wildman–Crippen MR) is 138 cm³/mol. The number of aryl methyl sites for hydroxylation is 1. The molecule has 1 amide bonds. The van der Waals surface area contributed by atoms with Gasteiger partial charge in [-0.05, 0) is 87.3 Å². The minimum atomic E-state index is 0. The van der Waals surface area contributed by atoms with Gasteiger partial charge in [-0.15, -0.1) is 12.4 Å². The summed E-state index contributed by atoms with van der Waals surface area (Å²) in [6.45, 7) is 5.19. The van der Waals surface area contributed by atoms with E-state index in [9.17, 15) is 4.79 Å². The Balaban J connectivity index is 0.00000245. The molecule has 0 aromatic heterocycles. The molecule has 1 heterocycles. The number of carbonyl (C=O) groups excluding carboxylic acids is 1. The minimum absolute atomic E-state index is 0. The van der Waals surface area contributed by atoms with Crippen molar-refractivity contribution in [3.8, 4) is 0 Å². The van der Waals surface area contributed by atoms with E-state index in [4.69, 9.17) is 16.6 Å². The number of nitrogens with zero attached hydrogens (tertiary/aromatic N) is 2. The summed E-state index contributed by atoms with van der Waals surface area (Å²) in [6, 6.07) is 5.97. The summed E-state index contributed by atoms with van der Waals surface area (Å²) >= 11 is 8.19. The number of amidine groups is 1. The summed E-state index contributed by atoms with van der Waals surface area (Å²) < 4.78 is 0. The number of hydrogen-bond donors (Lipinski definition) is 1. The lowest BCUT2D eigenvalue weighted by Crippen LogP contribution is -2.50. The largest absolute Gasteiger partial charge is 0.347 e. The Bertz CT molecular complexity index is 855. The Kier molecular flexibility index (Phi) is 7.38. The van der Waals surface area contributed by atoms with Gasteiger partial charge in [0.15, 0.2) is 5.17 Å². The fourth-order valence-corrected chi connectivity index (χ4v) is 8.41. The van der Waals surface area contributed by atoms with E-state index in [1.807, 2.05) is 36.9 Å². The molecule has 4 saturated carbocycles. The summed E-state index contributed by atoms with van der Waals surface area (Å²) in [5, 5.41) is 4.83. The van der Waals surface area contributed by atoms with E-state index in [1.54, 1.807) is 0 Å². The zero-order valence-electron chi connectivity index (χ0n) is 19.1. The van der Waals surface area contributed by atoms with Crippen molar-refractivity contribution in [2.75, 3.05) is 17.6 Å². The highest BCUT2D eigenvalue weighted by molar-refractivity contribution is 8.14. The molecule has 1 aromatic carbocycles. The second kappa shape index (κ2) is 9.76. The van der Waals surface area contributed by atoms with E-state index in [0.29, 0.717) is 17.1 Å². The summed E-state index contributed by atoms with van der Waals surface area (Å²) in [7, 11) is 0. The molecule has 1 unspecified atom stereocenters. The molecule has 7 heteroatoms. The topological polar surface area (TPSA) is 44.7 Å². The Labute approximate surface area is 207 Å². The van der Waals surface area contributed by atoms with Crippen LogP contribution in [0.3, 0.4) is 0 Å². The van der Waals surface area contributed by atoms with Gasteiger partial charge < -0.3 is 10.2 Å². The van der Waals surface area contributed by atoms with Crippen LogP contribution >= 0.6 is 35.8 Å². The highest BCUT2D eigenvalue weighted by Gasteiger charge is 2.51. The van der Waals surface area contributed by atoms with Crippen molar-refractivity contribution < 1.29 is 4.79 Å². The van der Waals surface area contributed by atoms with Crippen LogP contribution in [0.4, 0.5) is 5.69 Å². The van der Waals surface area contributed by atoms with Crippen molar-refractivity contribution in [3.63, 3.8) is 0 Å². The fraction of sp³-hybridized carbons (Fsp3) is 0.680. The minimum Gasteiger partial charge on any atom is -0.347 e. The first-order valence-electron chi connectivity index (χ1n) is 12.0. The summed E-state index contributed by atoms with van der Waals surface area (Å²) in [5.74, 6) is 3.70. The van der Waals surface area contributed by atoms with Crippen LogP contribution in [-0.2, 0) is 4.79 Å². The van der Waals surface area contributed by atoms with E-state index >= 15 is 0 Å². The Morgan fingerprint density at radius 1 is 1.22 bits per heavy atom. The number of anilines is 1. The van der Waals surface area contributed by atoms with Crippen LogP contribution in [0.2, 0.25) is 5.02 Å². The molecule has 0 spiro atoms. The van der Waals surface area contributed by atoms with Gasteiger partial charge in [0.25, 0.3) is 0 Å². The standard InChI is InChI=1S/C25H34ClN3OS.ClH/c1-3-6-29-20(11-23(30)27-22-5-4-16(2)7-21(22)26)15-31-24(29)28-25-12-17-8-18(13-25)10-19(9-17)14-25;/h4-5,7,17-20H,3,6,8-15H2,1-2H3,(H,27,30);1H. The lowest BCUT2D eigenvalue weighted by atomic mass is 9.53. The molecule has 6 rings (SSSR count). The number of rotatable bonds is 6. The number of amides is 1. The first-order valence-corrected chi connectivity index (χ1v) is 13.3. The van der Waals surface area contributed by atoms with Crippen LogP contribution in [0, 0.1) is 24.7 Å². The normalized spacial score (nSPS) is 34.1. The highest BCUT2D eigenvalue weighted by Crippen LogP contribution is 2.57. The van der Waals surface area contributed by atoms with Crippen molar-refractivity contribution in [1.29, 1.82) is 0 Å². The number of hydrogen-bond acceptors (Lipinski definition) is 3. The number of halogens is 2. The first-order chi connectivity index (χ1) is 14.9. The molecule has 0 radical (unpaired) electrons. The van der Waals surface area contributed by atoms with Gasteiger partial charge in [0.05, 0.1) is 16.2 Å². The molecule has 1 atom stereocenters. The third kappa shape index (κ3) is 4.95. The number of thioether (sulfide) groups is 1. The SMILES string of the molecule is CCCN1C(=NC23CC4CC(CC(C4)C2)C3)SCC1CC(=O)Nc1ccc(C)cc1Cl.Cl. The van der Waals surface area contributed by atoms with E-state index in [1.165, 1.54) is 43.7 Å². The molecule has 4 aliphatic carbocycles. The second-order valence-corrected chi connectivity index (χ2v) is 11.8.